The van der Waals surface area contributed by atoms with E-state index in [2.05, 4.69) is 21.0 Å². The highest BCUT2D eigenvalue weighted by molar-refractivity contribution is 7.92. The topological polar surface area (TPSA) is 108 Å². The van der Waals surface area contributed by atoms with Gasteiger partial charge in [0.05, 0.1) is 31.7 Å². The zero-order chi connectivity index (χ0) is 22.5. The van der Waals surface area contributed by atoms with E-state index in [-0.39, 0.29) is 33.3 Å². The Hall–Kier alpha value is -3.00. The molecule has 3 aromatic heterocycles. The van der Waals surface area contributed by atoms with Crippen LogP contribution in [-0.4, -0.2) is 29.5 Å². The van der Waals surface area contributed by atoms with E-state index >= 15 is 0 Å². The van der Waals surface area contributed by atoms with Crippen molar-refractivity contribution in [2.45, 2.75) is 37.3 Å². The van der Waals surface area contributed by atoms with E-state index in [1.165, 1.54) is 16.8 Å². The van der Waals surface area contributed by atoms with Gasteiger partial charge in [0.15, 0.2) is 11.5 Å². The van der Waals surface area contributed by atoms with Gasteiger partial charge in [-0.05, 0) is 31.5 Å². The number of hydrogen-bond donors (Lipinski definition) is 1. The number of halogens is 3. The Balaban J connectivity index is 2.31. The van der Waals surface area contributed by atoms with Gasteiger partial charge in [0.1, 0.15) is 11.2 Å². The fraction of sp³-hybridized carbons (Fsp3) is 0.368. The molecular weight excluding hydrogens is 417 g/mol. The molecule has 0 amide bonds. The van der Waals surface area contributed by atoms with Crippen LogP contribution in [0.2, 0.25) is 0 Å². The minimum absolute atomic E-state index is 0.00146. The van der Waals surface area contributed by atoms with Crippen molar-refractivity contribution >= 4 is 20.9 Å². The summed E-state index contributed by atoms with van der Waals surface area (Å²) in [5.41, 5.74) is -1.07. The first-order valence-electron chi connectivity index (χ1n) is 8.90. The number of aromatic nitrogens is 4. The Labute approximate surface area is 171 Å². The van der Waals surface area contributed by atoms with Crippen LogP contribution in [0.3, 0.4) is 0 Å². The van der Waals surface area contributed by atoms with Gasteiger partial charge in [0.25, 0.3) is 0 Å². The molecule has 0 bridgehead atoms. The molecule has 3 rings (SSSR count). The molecule has 0 radical (unpaired) electrons. The first-order chi connectivity index (χ1) is 13.8. The third-order valence-electron chi connectivity index (χ3n) is 4.86. The molecule has 3 aromatic rings. The van der Waals surface area contributed by atoms with Crippen LogP contribution in [0.4, 0.5) is 13.2 Å². The molecule has 0 saturated carbocycles. The molecule has 30 heavy (non-hydrogen) atoms. The highest BCUT2D eigenvalue weighted by Crippen LogP contribution is 2.34. The molecule has 0 fully saturated rings. The third-order valence-corrected chi connectivity index (χ3v) is 6.70. The second kappa shape index (κ2) is 7.05. The van der Waals surface area contributed by atoms with Crippen molar-refractivity contribution in [3.8, 4) is 17.6 Å². The van der Waals surface area contributed by atoms with Gasteiger partial charge in [0, 0.05) is 25.2 Å². The van der Waals surface area contributed by atoms with Crippen molar-refractivity contribution in [2.24, 2.45) is 7.05 Å². The number of aryl methyl sites for hydroxylation is 1. The third kappa shape index (κ3) is 3.63. The second-order valence-corrected chi connectivity index (χ2v) is 9.70. The Morgan fingerprint density at radius 1 is 1.20 bits per heavy atom. The molecule has 0 spiro atoms. The van der Waals surface area contributed by atoms with Crippen molar-refractivity contribution in [1.29, 1.82) is 10.0 Å². The number of hydrogen-bond acceptors (Lipinski definition) is 6. The quantitative estimate of drug-likeness (QED) is 0.657. The molecule has 0 aliphatic carbocycles. The van der Waals surface area contributed by atoms with Crippen LogP contribution in [0, 0.1) is 16.1 Å². The van der Waals surface area contributed by atoms with Gasteiger partial charge in [-0.1, -0.05) is 6.92 Å². The monoisotopic (exact) mass is 436 g/mol. The molecule has 0 saturated heterocycles. The van der Waals surface area contributed by atoms with Gasteiger partial charge in [-0.25, -0.2) is 19.0 Å². The Kier molecular flexibility index (Phi) is 5.10. The Bertz CT molecular complexity index is 1290. The number of imidazole rings is 1. The van der Waals surface area contributed by atoms with Crippen molar-refractivity contribution in [2.75, 3.05) is 5.75 Å². The number of nitrogens with one attached hydrogen (secondary N) is 1. The van der Waals surface area contributed by atoms with E-state index in [9.17, 15) is 22.6 Å². The first-order valence-corrected chi connectivity index (χ1v) is 10.6. The highest BCUT2D eigenvalue weighted by atomic mass is 32.2. The maximum absolute atomic E-state index is 13.0. The highest BCUT2D eigenvalue weighted by Gasteiger charge is 2.32. The first kappa shape index (κ1) is 21.7. The zero-order valence-electron chi connectivity index (χ0n) is 16.7. The minimum atomic E-state index is -4.56. The number of nitriles is 1. The summed E-state index contributed by atoms with van der Waals surface area (Å²) >= 11 is 0. The lowest BCUT2D eigenvalue weighted by atomic mass is 9.87. The number of alkyl halides is 3. The molecule has 1 N–H and O–H groups in total. The summed E-state index contributed by atoms with van der Waals surface area (Å²) in [5, 5.41) is 9.40. The van der Waals surface area contributed by atoms with E-state index in [4.69, 9.17) is 4.78 Å². The van der Waals surface area contributed by atoms with Crippen LogP contribution >= 0.6 is 0 Å². The molecule has 7 nitrogen and oxygen atoms in total. The predicted octanol–water partition coefficient (Wildman–Crippen LogP) is 4.28. The molecule has 1 atom stereocenters. The molecular formula is C19H19F3N6OS. The average molecular weight is 436 g/mol. The van der Waals surface area contributed by atoms with Crippen molar-refractivity contribution in [3.63, 3.8) is 0 Å². The van der Waals surface area contributed by atoms with E-state index < -0.39 is 26.9 Å². The summed E-state index contributed by atoms with van der Waals surface area (Å²) in [4.78, 5) is 12.5. The summed E-state index contributed by atoms with van der Waals surface area (Å²) in [6.45, 7) is 4.93. The van der Waals surface area contributed by atoms with Crippen LogP contribution in [0.25, 0.3) is 22.7 Å². The number of nitrogens with zero attached hydrogens (tertiary/aromatic N) is 5. The van der Waals surface area contributed by atoms with E-state index in [1.54, 1.807) is 27.8 Å². The maximum atomic E-state index is 13.0. The standard InChI is InChI=1S/C19H19F3N6OS/c1-5-30(24,29)14-7-11(18(2,3)10-23)8-25-15(14)17-27-13-6-12(19(20,21)22)9-26-16(13)28(17)4/h6-9,24H,5H2,1-4H3/t30-/m0/s1. The molecule has 158 valence electrons. The molecule has 0 unspecified atom stereocenters. The number of rotatable bonds is 4. The number of fused-ring (bicyclic) bond motifs is 1. The lowest BCUT2D eigenvalue weighted by Gasteiger charge is -2.18. The molecule has 0 aliphatic rings. The van der Waals surface area contributed by atoms with Gasteiger partial charge in [-0.2, -0.15) is 18.4 Å². The molecule has 0 aliphatic heterocycles. The Morgan fingerprint density at radius 3 is 2.40 bits per heavy atom. The summed E-state index contributed by atoms with van der Waals surface area (Å²) in [7, 11) is -1.72. The molecule has 0 aromatic carbocycles. The largest absolute Gasteiger partial charge is 0.417 e. The summed E-state index contributed by atoms with van der Waals surface area (Å²) in [6.07, 6.45) is -2.41. The lowest BCUT2D eigenvalue weighted by Crippen LogP contribution is -2.17. The van der Waals surface area contributed by atoms with Crippen LogP contribution in [0.15, 0.2) is 29.4 Å². The predicted molar refractivity (Wildman–Crippen MR) is 105 cm³/mol. The van der Waals surface area contributed by atoms with E-state index in [0.29, 0.717) is 5.56 Å². The van der Waals surface area contributed by atoms with Gasteiger partial charge in [0.2, 0.25) is 0 Å². The van der Waals surface area contributed by atoms with E-state index in [1.807, 2.05) is 0 Å². The van der Waals surface area contributed by atoms with Gasteiger partial charge >= 0.3 is 6.18 Å². The second-order valence-electron chi connectivity index (χ2n) is 7.33. The van der Waals surface area contributed by atoms with Crippen LogP contribution in [0.1, 0.15) is 31.9 Å². The molecule has 3 heterocycles. The van der Waals surface area contributed by atoms with Crippen LogP contribution < -0.4 is 0 Å². The summed E-state index contributed by atoms with van der Waals surface area (Å²) in [5.74, 6) is 0.139. The molecule has 11 heteroatoms. The van der Waals surface area contributed by atoms with Crippen LogP contribution in [0.5, 0.6) is 0 Å². The zero-order valence-corrected chi connectivity index (χ0v) is 17.5. The Morgan fingerprint density at radius 2 is 1.83 bits per heavy atom. The van der Waals surface area contributed by atoms with Gasteiger partial charge in [-0.3, -0.25) is 4.98 Å². The fourth-order valence-electron chi connectivity index (χ4n) is 2.87. The average Bonchev–Trinajstić information content (AvgIpc) is 3.02. The minimum Gasteiger partial charge on any atom is -0.310 e. The van der Waals surface area contributed by atoms with Crippen molar-refractivity contribution < 1.29 is 17.4 Å². The maximum Gasteiger partial charge on any atom is 0.417 e. The summed E-state index contributed by atoms with van der Waals surface area (Å²) < 4.78 is 61.8. The number of pyridine rings is 2. The normalized spacial score (nSPS) is 14.5. The lowest BCUT2D eigenvalue weighted by molar-refractivity contribution is -0.137. The smallest absolute Gasteiger partial charge is 0.310 e. The van der Waals surface area contributed by atoms with Crippen molar-refractivity contribution in [1.82, 2.24) is 19.5 Å². The fourth-order valence-corrected chi connectivity index (χ4v) is 3.95. The SMILES string of the molecule is CC[S@](=N)(=O)c1cc(C(C)(C)C#N)cnc1-c1nc2cc(C(F)(F)F)cnc2n1C. The van der Waals surface area contributed by atoms with Crippen LogP contribution in [-0.2, 0) is 28.4 Å². The van der Waals surface area contributed by atoms with Gasteiger partial charge < -0.3 is 4.57 Å². The summed E-state index contributed by atoms with van der Waals surface area (Å²) in [6, 6.07) is 4.52. The van der Waals surface area contributed by atoms with E-state index in [0.717, 1.165) is 12.3 Å². The van der Waals surface area contributed by atoms with Crippen molar-refractivity contribution in [3.05, 3.63) is 35.7 Å². The van der Waals surface area contributed by atoms with Gasteiger partial charge in [-0.15, -0.1) is 0 Å².